The molecule has 1 aliphatic carbocycles. The molecule has 1 aromatic carbocycles. The van der Waals surface area contributed by atoms with Gasteiger partial charge >= 0.3 is 0 Å². The summed E-state index contributed by atoms with van der Waals surface area (Å²) in [5, 5.41) is 3.12. The Morgan fingerprint density at radius 3 is 2.19 bits per heavy atom. The molecule has 4 heteroatoms. The molecule has 1 amide bonds. The Morgan fingerprint density at radius 2 is 1.69 bits per heavy atom. The van der Waals surface area contributed by atoms with Gasteiger partial charge < -0.3 is 14.8 Å². The van der Waals surface area contributed by atoms with Gasteiger partial charge in [-0.2, -0.15) is 0 Å². The fourth-order valence-corrected chi connectivity index (χ4v) is 3.75. The zero-order chi connectivity index (χ0) is 19.2. The Hall–Kier alpha value is -1.55. The first-order chi connectivity index (χ1) is 12.4. The molecule has 26 heavy (non-hydrogen) atoms. The summed E-state index contributed by atoms with van der Waals surface area (Å²) < 4.78 is 12.0. The number of benzene rings is 1. The van der Waals surface area contributed by atoms with E-state index in [0.717, 1.165) is 54.7 Å². The molecule has 0 spiro atoms. The summed E-state index contributed by atoms with van der Waals surface area (Å²) in [7, 11) is 0. The van der Waals surface area contributed by atoms with Gasteiger partial charge in [0.05, 0.1) is 6.10 Å². The summed E-state index contributed by atoms with van der Waals surface area (Å²) in [5.41, 5.74) is 2.24. The molecule has 2 rings (SSSR count). The van der Waals surface area contributed by atoms with Gasteiger partial charge in [0.2, 0.25) is 0 Å². The maximum absolute atomic E-state index is 13.1. The molecular formula is C22H35NO3. The second-order valence-electron chi connectivity index (χ2n) is 7.57. The van der Waals surface area contributed by atoms with E-state index in [1.807, 2.05) is 32.9 Å². The molecule has 0 saturated heterocycles. The van der Waals surface area contributed by atoms with Crippen molar-refractivity contribution < 1.29 is 14.3 Å². The largest absolute Gasteiger partial charge is 0.490 e. The van der Waals surface area contributed by atoms with E-state index in [1.54, 1.807) is 0 Å². The van der Waals surface area contributed by atoms with Gasteiger partial charge in [-0.25, -0.2) is 0 Å². The number of aryl methyl sites for hydroxylation is 2. The van der Waals surface area contributed by atoms with E-state index in [0.29, 0.717) is 6.61 Å². The summed E-state index contributed by atoms with van der Waals surface area (Å²) >= 11 is 0. The van der Waals surface area contributed by atoms with Crippen LogP contribution in [-0.2, 0) is 9.53 Å². The average molecular weight is 362 g/mol. The van der Waals surface area contributed by atoms with Crippen molar-refractivity contribution in [1.82, 2.24) is 0 Å². The lowest BCUT2D eigenvalue weighted by Crippen LogP contribution is -2.45. The average Bonchev–Trinajstić information content (AvgIpc) is 2.85. The SMILES string of the molecule is CCOC1(C(=O)Nc2cc(C)c(O[C@H](C)CC)c(C)c2)CCCCCC1. The fraction of sp³-hybridized carbons (Fsp3) is 0.682. The fourth-order valence-electron chi connectivity index (χ4n) is 3.75. The van der Waals surface area contributed by atoms with Crippen LogP contribution < -0.4 is 10.1 Å². The summed E-state index contributed by atoms with van der Waals surface area (Å²) in [5.74, 6) is 0.919. The standard InChI is InChI=1S/C22H35NO3/c1-6-18(5)26-20-16(3)14-19(15-17(20)4)23-21(24)22(25-7-2)12-10-8-9-11-13-22/h14-15,18H,6-13H2,1-5H3,(H,23,24)/t18-/m1/s1. The zero-order valence-corrected chi connectivity index (χ0v) is 17.1. The third kappa shape index (κ3) is 5.00. The third-order valence-electron chi connectivity index (χ3n) is 5.36. The van der Waals surface area contributed by atoms with Crippen LogP contribution in [0.5, 0.6) is 5.75 Å². The van der Waals surface area contributed by atoms with Gasteiger partial charge in [-0.15, -0.1) is 0 Å². The molecule has 0 aromatic heterocycles. The van der Waals surface area contributed by atoms with Crippen molar-refractivity contribution >= 4 is 11.6 Å². The van der Waals surface area contributed by atoms with Crippen molar-refractivity contribution in [1.29, 1.82) is 0 Å². The van der Waals surface area contributed by atoms with Crippen molar-refractivity contribution in [2.24, 2.45) is 0 Å². The predicted molar refractivity (Wildman–Crippen MR) is 107 cm³/mol. The number of hydrogen-bond donors (Lipinski definition) is 1. The number of ether oxygens (including phenoxy) is 2. The number of rotatable bonds is 7. The number of amides is 1. The predicted octanol–water partition coefficient (Wildman–Crippen LogP) is 5.55. The van der Waals surface area contributed by atoms with Crippen molar-refractivity contribution in [3.05, 3.63) is 23.3 Å². The molecule has 1 N–H and O–H groups in total. The van der Waals surface area contributed by atoms with Crippen LogP contribution in [0.15, 0.2) is 12.1 Å². The lowest BCUT2D eigenvalue weighted by Gasteiger charge is -2.31. The van der Waals surface area contributed by atoms with Gasteiger partial charge in [-0.1, -0.05) is 32.6 Å². The molecule has 1 atom stereocenters. The van der Waals surface area contributed by atoms with Crippen LogP contribution >= 0.6 is 0 Å². The molecule has 1 saturated carbocycles. The highest BCUT2D eigenvalue weighted by atomic mass is 16.5. The molecule has 4 nitrogen and oxygen atoms in total. The highest BCUT2D eigenvalue weighted by molar-refractivity contribution is 5.97. The van der Waals surface area contributed by atoms with Crippen LogP contribution in [0.3, 0.4) is 0 Å². The van der Waals surface area contributed by atoms with E-state index >= 15 is 0 Å². The Kier molecular flexibility index (Phi) is 7.51. The minimum absolute atomic E-state index is 0.00403. The molecule has 0 bridgehead atoms. The van der Waals surface area contributed by atoms with Gasteiger partial charge in [0.25, 0.3) is 5.91 Å². The molecule has 1 fully saturated rings. The van der Waals surface area contributed by atoms with E-state index in [-0.39, 0.29) is 12.0 Å². The smallest absolute Gasteiger partial charge is 0.256 e. The second kappa shape index (κ2) is 9.40. The van der Waals surface area contributed by atoms with E-state index in [9.17, 15) is 4.79 Å². The van der Waals surface area contributed by atoms with E-state index < -0.39 is 5.60 Å². The minimum Gasteiger partial charge on any atom is -0.490 e. The normalized spacial score (nSPS) is 18.0. The van der Waals surface area contributed by atoms with Gasteiger partial charge in [-0.05, 0) is 70.2 Å². The van der Waals surface area contributed by atoms with Gasteiger partial charge in [0.1, 0.15) is 11.4 Å². The highest BCUT2D eigenvalue weighted by Crippen LogP contribution is 2.33. The topological polar surface area (TPSA) is 47.6 Å². The summed E-state index contributed by atoms with van der Waals surface area (Å²) in [6.07, 6.45) is 7.22. The van der Waals surface area contributed by atoms with Crippen LogP contribution in [-0.4, -0.2) is 24.2 Å². The number of anilines is 1. The van der Waals surface area contributed by atoms with Crippen molar-refractivity contribution in [2.45, 2.75) is 91.3 Å². The molecule has 0 unspecified atom stereocenters. The quantitative estimate of drug-likeness (QED) is 0.648. The summed E-state index contributed by atoms with van der Waals surface area (Å²) in [6, 6.07) is 4.00. The molecule has 0 radical (unpaired) electrons. The third-order valence-corrected chi connectivity index (χ3v) is 5.36. The number of carbonyl (C=O) groups is 1. The summed E-state index contributed by atoms with van der Waals surface area (Å²) in [6.45, 7) is 10.8. The highest BCUT2D eigenvalue weighted by Gasteiger charge is 2.39. The minimum atomic E-state index is -0.682. The summed E-state index contributed by atoms with van der Waals surface area (Å²) in [4.78, 5) is 13.1. The molecule has 146 valence electrons. The lowest BCUT2D eigenvalue weighted by atomic mass is 9.92. The van der Waals surface area contributed by atoms with Crippen LogP contribution in [0.1, 0.15) is 76.8 Å². The second-order valence-corrected chi connectivity index (χ2v) is 7.57. The Bertz CT molecular complexity index is 580. The Labute approximate surface area is 158 Å². The van der Waals surface area contributed by atoms with E-state index in [2.05, 4.69) is 19.2 Å². The van der Waals surface area contributed by atoms with Crippen LogP contribution in [0, 0.1) is 13.8 Å². The van der Waals surface area contributed by atoms with Crippen molar-refractivity contribution in [2.75, 3.05) is 11.9 Å². The maximum atomic E-state index is 13.1. The molecule has 0 aliphatic heterocycles. The van der Waals surface area contributed by atoms with Gasteiger partial charge in [0.15, 0.2) is 0 Å². The van der Waals surface area contributed by atoms with Crippen molar-refractivity contribution in [3.8, 4) is 5.75 Å². The molecule has 1 aromatic rings. The lowest BCUT2D eigenvalue weighted by molar-refractivity contribution is -0.143. The van der Waals surface area contributed by atoms with E-state index in [1.165, 1.54) is 12.8 Å². The number of carbonyl (C=O) groups excluding carboxylic acids is 1. The molecule has 0 heterocycles. The van der Waals surface area contributed by atoms with E-state index in [4.69, 9.17) is 9.47 Å². The molecular weight excluding hydrogens is 326 g/mol. The van der Waals surface area contributed by atoms with Crippen LogP contribution in [0.2, 0.25) is 0 Å². The zero-order valence-electron chi connectivity index (χ0n) is 17.1. The maximum Gasteiger partial charge on any atom is 0.256 e. The first-order valence-electron chi connectivity index (χ1n) is 10.1. The van der Waals surface area contributed by atoms with Crippen LogP contribution in [0.4, 0.5) is 5.69 Å². The molecule has 1 aliphatic rings. The Morgan fingerprint density at radius 1 is 1.12 bits per heavy atom. The van der Waals surface area contributed by atoms with Crippen molar-refractivity contribution in [3.63, 3.8) is 0 Å². The first-order valence-corrected chi connectivity index (χ1v) is 10.1. The number of nitrogens with one attached hydrogen (secondary N) is 1. The van der Waals surface area contributed by atoms with Gasteiger partial charge in [-0.3, -0.25) is 4.79 Å². The van der Waals surface area contributed by atoms with Crippen LogP contribution in [0.25, 0.3) is 0 Å². The Balaban J connectivity index is 2.19. The monoisotopic (exact) mass is 361 g/mol. The first kappa shape index (κ1) is 20.8. The number of hydrogen-bond acceptors (Lipinski definition) is 3. The van der Waals surface area contributed by atoms with Gasteiger partial charge in [0, 0.05) is 12.3 Å².